The third-order valence-electron chi connectivity index (χ3n) is 4.71. The molecule has 1 N–H and O–H groups in total. The minimum absolute atomic E-state index is 0.0271. The lowest BCUT2D eigenvalue weighted by atomic mass is 10.0. The first-order chi connectivity index (χ1) is 13.5. The average molecular weight is 383 g/mol. The fourth-order valence-corrected chi connectivity index (χ4v) is 3.14. The molecule has 4 rings (SSSR count). The van der Waals surface area contributed by atoms with Gasteiger partial charge in [0.15, 0.2) is 0 Å². The molecule has 1 fully saturated rings. The van der Waals surface area contributed by atoms with Gasteiger partial charge in [-0.2, -0.15) is 5.10 Å². The molecule has 3 heterocycles. The van der Waals surface area contributed by atoms with Crippen LogP contribution in [0, 0.1) is 5.82 Å². The zero-order valence-electron chi connectivity index (χ0n) is 14.9. The standard InChI is InChI=1S/C20H18FN3O4/c21-16-5-6-18(25)23(9-16)7-13-1-3-14(4-2-13)8-24-10-17(20(26)27)19(22-24)15-11-28-12-15/h1-6,9-10,15H,7-8,11-12H2,(H,26,27). The Labute approximate surface area is 159 Å². The summed E-state index contributed by atoms with van der Waals surface area (Å²) in [6.45, 7) is 1.68. The van der Waals surface area contributed by atoms with Gasteiger partial charge in [-0.15, -0.1) is 0 Å². The highest BCUT2D eigenvalue weighted by Crippen LogP contribution is 2.26. The number of carboxylic acids is 1. The van der Waals surface area contributed by atoms with Gasteiger partial charge < -0.3 is 14.4 Å². The molecule has 0 saturated carbocycles. The Balaban J connectivity index is 1.49. The molecule has 2 aromatic heterocycles. The summed E-state index contributed by atoms with van der Waals surface area (Å²) in [4.78, 5) is 23.2. The molecule has 0 unspecified atom stereocenters. The molecule has 144 valence electrons. The SMILES string of the molecule is O=C(O)c1cn(Cc2ccc(Cn3cc(F)ccc3=O)cc2)nc1C1COC1. The van der Waals surface area contributed by atoms with Crippen molar-refractivity contribution in [3.8, 4) is 0 Å². The molecule has 0 spiro atoms. The number of ether oxygens (including phenoxy) is 1. The minimum Gasteiger partial charge on any atom is -0.478 e. The van der Waals surface area contributed by atoms with Crippen molar-refractivity contribution in [1.82, 2.24) is 14.3 Å². The molecule has 1 aliphatic rings. The molecule has 1 aliphatic heterocycles. The van der Waals surface area contributed by atoms with Crippen molar-refractivity contribution < 1.29 is 19.0 Å². The van der Waals surface area contributed by atoms with Crippen LogP contribution in [0.3, 0.4) is 0 Å². The number of pyridine rings is 1. The second-order valence-electron chi connectivity index (χ2n) is 6.80. The first-order valence-electron chi connectivity index (χ1n) is 8.82. The number of rotatable bonds is 6. The van der Waals surface area contributed by atoms with Crippen molar-refractivity contribution in [3.63, 3.8) is 0 Å². The number of benzene rings is 1. The first-order valence-corrected chi connectivity index (χ1v) is 8.82. The van der Waals surface area contributed by atoms with Gasteiger partial charge in [0.1, 0.15) is 11.4 Å². The Hall–Kier alpha value is -3.26. The van der Waals surface area contributed by atoms with Crippen molar-refractivity contribution in [1.29, 1.82) is 0 Å². The van der Waals surface area contributed by atoms with Crippen LogP contribution in [0.4, 0.5) is 4.39 Å². The van der Waals surface area contributed by atoms with E-state index in [1.165, 1.54) is 23.0 Å². The van der Waals surface area contributed by atoms with E-state index in [2.05, 4.69) is 5.10 Å². The molecule has 8 heteroatoms. The Morgan fingerprint density at radius 2 is 1.79 bits per heavy atom. The van der Waals surface area contributed by atoms with Gasteiger partial charge in [0.05, 0.1) is 37.9 Å². The molecule has 0 amide bonds. The van der Waals surface area contributed by atoms with E-state index >= 15 is 0 Å². The van der Waals surface area contributed by atoms with Crippen LogP contribution in [-0.2, 0) is 17.8 Å². The summed E-state index contributed by atoms with van der Waals surface area (Å²) < 4.78 is 21.4. The van der Waals surface area contributed by atoms with E-state index in [0.29, 0.717) is 25.5 Å². The van der Waals surface area contributed by atoms with Crippen molar-refractivity contribution in [3.05, 3.63) is 87.3 Å². The normalized spacial score (nSPS) is 14.0. The van der Waals surface area contributed by atoms with Crippen LogP contribution < -0.4 is 5.56 Å². The summed E-state index contributed by atoms with van der Waals surface area (Å²) in [6, 6.07) is 9.82. The van der Waals surface area contributed by atoms with E-state index in [4.69, 9.17) is 4.74 Å². The molecule has 1 saturated heterocycles. The van der Waals surface area contributed by atoms with Crippen molar-refractivity contribution in [2.75, 3.05) is 13.2 Å². The second kappa shape index (κ2) is 7.40. The van der Waals surface area contributed by atoms with E-state index in [0.717, 1.165) is 17.2 Å². The summed E-state index contributed by atoms with van der Waals surface area (Å²) >= 11 is 0. The molecule has 0 bridgehead atoms. The summed E-state index contributed by atoms with van der Waals surface area (Å²) in [5.74, 6) is -1.43. The van der Waals surface area contributed by atoms with Crippen molar-refractivity contribution >= 4 is 5.97 Å². The highest BCUT2D eigenvalue weighted by atomic mass is 19.1. The van der Waals surface area contributed by atoms with Crippen molar-refractivity contribution in [2.45, 2.75) is 19.0 Å². The zero-order valence-corrected chi connectivity index (χ0v) is 14.9. The van der Waals surface area contributed by atoms with Gasteiger partial charge in [0.2, 0.25) is 0 Å². The summed E-state index contributed by atoms with van der Waals surface area (Å²) in [6.07, 6.45) is 2.72. The van der Waals surface area contributed by atoms with Crippen LogP contribution in [0.25, 0.3) is 0 Å². The van der Waals surface area contributed by atoms with E-state index < -0.39 is 11.8 Å². The van der Waals surface area contributed by atoms with Crippen molar-refractivity contribution in [2.24, 2.45) is 0 Å². The Morgan fingerprint density at radius 3 is 2.39 bits per heavy atom. The van der Waals surface area contributed by atoms with Crippen LogP contribution in [0.5, 0.6) is 0 Å². The molecule has 28 heavy (non-hydrogen) atoms. The predicted molar refractivity (Wildman–Crippen MR) is 98.1 cm³/mol. The number of hydrogen-bond donors (Lipinski definition) is 1. The summed E-state index contributed by atoms with van der Waals surface area (Å²) in [5.41, 5.74) is 2.29. The average Bonchev–Trinajstić information content (AvgIpc) is 3.02. The second-order valence-corrected chi connectivity index (χ2v) is 6.80. The van der Waals surface area contributed by atoms with E-state index in [9.17, 15) is 19.1 Å². The largest absolute Gasteiger partial charge is 0.478 e. The third kappa shape index (κ3) is 3.72. The summed E-state index contributed by atoms with van der Waals surface area (Å²) in [7, 11) is 0. The molecule has 0 atom stereocenters. The maximum Gasteiger partial charge on any atom is 0.339 e. The molecule has 1 aromatic carbocycles. The first kappa shape index (κ1) is 18.1. The van der Waals surface area contributed by atoms with Crippen LogP contribution in [0.15, 0.2) is 53.6 Å². The zero-order chi connectivity index (χ0) is 19.7. The van der Waals surface area contributed by atoms with Gasteiger partial charge in [0, 0.05) is 18.5 Å². The van der Waals surface area contributed by atoms with Crippen LogP contribution >= 0.6 is 0 Å². The molecule has 7 nitrogen and oxygen atoms in total. The number of carboxylic acid groups (broad SMARTS) is 1. The topological polar surface area (TPSA) is 86.3 Å². The van der Waals surface area contributed by atoms with Gasteiger partial charge >= 0.3 is 5.97 Å². The van der Waals surface area contributed by atoms with Crippen LogP contribution in [0.1, 0.15) is 33.1 Å². The monoisotopic (exact) mass is 383 g/mol. The lowest BCUT2D eigenvalue weighted by Gasteiger charge is -2.24. The van der Waals surface area contributed by atoms with E-state index in [1.54, 1.807) is 4.68 Å². The fraction of sp³-hybridized carbons (Fsp3) is 0.250. The smallest absolute Gasteiger partial charge is 0.339 e. The van der Waals surface area contributed by atoms with Crippen LogP contribution in [-0.4, -0.2) is 38.6 Å². The van der Waals surface area contributed by atoms with Gasteiger partial charge in [-0.1, -0.05) is 24.3 Å². The van der Waals surface area contributed by atoms with E-state index in [1.807, 2.05) is 24.3 Å². The minimum atomic E-state index is -0.996. The Bertz CT molecular complexity index is 1070. The molecule has 0 aliphatic carbocycles. The number of aromatic nitrogens is 3. The lowest BCUT2D eigenvalue weighted by Crippen LogP contribution is -2.27. The number of aromatic carboxylic acids is 1. The van der Waals surface area contributed by atoms with Gasteiger partial charge in [-0.3, -0.25) is 9.48 Å². The lowest BCUT2D eigenvalue weighted by molar-refractivity contribution is 0.00597. The molecule has 3 aromatic rings. The third-order valence-corrected chi connectivity index (χ3v) is 4.71. The fourth-order valence-electron chi connectivity index (χ4n) is 3.14. The quantitative estimate of drug-likeness (QED) is 0.704. The maximum absolute atomic E-state index is 13.3. The number of carbonyl (C=O) groups is 1. The highest BCUT2D eigenvalue weighted by Gasteiger charge is 2.29. The van der Waals surface area contributed by atoms with Gasteiger partial charge in [-0.25, -0.2) is 9.18 Å². The number of nitrogens with zero attached hydrogens (tertiary/aromatic N) is 3. The Morgan fingerprint density at radius 1 is 1.11 bits per heavy atom. The Kier molecular flexibility index (Phi) is 4.79. The van der Waals surface area contributed by atoms with Gasteiger partial charge in [-0.05, 0) is 17.2 Å². The number of hydrogen-bond acceptors (Lipinski definition) is 4. The van der Waals surface area contributed by atoms with Gasteiger partial charge in [0.25, 0.3) is 5.56 Å². The molecular weight excluding hydrogens is 365 g/mol. The number of halogens is 1. The molecular formula is C20H18FN3O4. The summed E-state index contributed by atoms with van der Waals surface area (Å²) in [5, 5.41) is 13.8. The molecule has 0 radical (unpaired) electrons. The highest BCUT2D eigenvalue weighted by molar-refractivity contribution is 5.88. The van der Waals surface area contributed by atoms with Crippen LogP contribution in [0.2, 0.25) is 0 Å². The predicted octanol–water partition coefficient (Wildman–Crippen LogP) is 2.09. The van der Waals surface area contributed by atoms with E-state index in [-0.39, 0.29) is 23.6 Å². The maximum atomic E-state index is 13.3.